The Hall–Kier alpha value is -3.79. The molecule has 2 heterocycles. The Labute approximate surface area is 181 Å². The van der Waals surface area contributed by atoms with E-state index in [4.69, 9.17) is 10.2 Å². The molecule has 1 aliphatic rings. The van der Waals surface area contributed by atoms with Gasteiger partial charge >= 0.3 is 0 Å². The Morgan fingerprint density at radius 2 is 1.88 bits per heavy atom. The van der Waals surface area contributed by atoms with E-state index in [1.807, 2.05) is 0 Å². The van der Waals surface area contributed by atoms with Crippen LogP contribution < -0.4 is 11.1 Å². The third-order valence-electron chi connectivity index (χ3n) is 5.28. The SMILES string of the molecule is NC(=O)c1nc(-c2c(F)cccc2F)oc1Nc1ccc(C(=O)N2CCC[C@H]2CO)cc1. The summed E-state index contributed by atoms with van der Waals surface area (Å²) >= 11 is 0. The van der Waals surface area contributed by atoms with Gasteiger partial charge in [0.25, 0.3) is 11.8 Å². The molecule has 4 N–H and O–H groups in total. The molecule has 1 atom stereocenters. The average Bonchev–Trinajstić information content (AvgIpc) is 3.41. The molecule has 2 amide bonds. The number of benzene rings is 2. The maximum Gasteiger partial charge on any atom is 0.273 e. The third kappa shape index (κ3) is 4.04. The van der Waals surface area contributed by atoms with Crippen LogP contribution in [0.1, 0.15) is 33.7 Å². The molecular weight excluding hydrogens is 422 g/mol. The molecule has 1 fully saturated rings. The van der Waals surface area contributed by atoms with Crippen molar-refractivity contribution in [2.45, 2.75) is 18.9 Å². The van der Waals surface area contributed by atoms with E-state index in [9.17, 15) is 23.5 Å². The van der Waals surface area contributed by atoms with Crippen LogP contribution >= 0.6 is 0 Å². The fourth-order valence-corrected chi connectivity index (χ4v) is 3.67. The molecule has 0 radical (unpaired) electrons. The van der Waals surface area contributed by atoms with Gasteiger partial charge in [0.15, 0.2) is 5.69 Å². The molecule has 4 rings (SSSR count). The fourth-order valence-electron chi connectivity index (χ4n) is 3.67. The number of hydrogen-bond acceptors (Lipinski definition) is 6. The highest BCUT2D eigenvalue weighted by molar-refractivity contribution is 5.97. The van der Waals surface area contributed by atoms with E-state index in [2.05, 4.69) is 10.3 Å². The Morgan fingerprint density at radius 3 is 2.50 bits per heavy atom. The lowest BCUT2D eigenvalue weighted by molar-refractivity contribution is 0.0677. The smallest absolute Gasteiger partial charge is 0.273 e. The van der Waals surface area contributed by atoms with Crippen LogP contribution in [-0.2, 0) is 0 Å². The zero-order valence-electron chi connectivity index (χ0n) is 16.8. The number of aliphatic hydroxyl groups is 1. The van der Waals surface area contributed by atoms with Crippen LogP contribution in [-0.4, -0.2) is 46.0 Å². The van der Waals surface area contributed by atoms with Gasteiger partial charge in [0.1, 0.15) is 17.2 Å². The highest BCUT2D eigenvalue weighted by Crippen LogP contribution is 2.31. The highest BCUT2D eigenvalue weighted by atomic mass is 19.1. The van der Waals surface area contributed by atoms with Crippen molar-refractivity contribution in [2.75, 3.05) is 18.5 Å². The number of rotatable bonds is 6. The van der Waals surface area contributed by atoms with Crippen molar-refractivity contribution in [3.63, 3.8) is 0 Å². The summed E-state index contributed by atoms with van der Waals surface area (Å²) in [6, 6.07) is 9.39. The molecule has 0 unspecified atom stereocenters. The van der Waals surface area contributed by atoms with Gasteiger partial charge in [-0.1, -0.05) is 6.07 Å². The summed E-state index contributed by atoms with van der Waals surface area (Å²) in [5, 5.41) is 12.2. The number of nitrogens with two attached hydrogens (primary N) is 1. The molecule has 0 aliphatic carbocycles. The Morgan fingerprint density at radius 1 is 1.19 bits per heavy atom. The minimum absolute atomic E-state index is 0.0856. The van der Waals surface area contributed by atoms with E-state index >= 15 is 0 Å². The van der Waals surface area contributed by atoms with Crippen LogP contribution in [0.15, 0.2) is 46.9 Å². The van der Waals surface area contributed by atoms with Crippen molar-refractivity contribution in [1.82, 2.24) is 9.88 Å². The second kappa shape index (κ2) is 8.75. The molecule has 1 aliphatic heterocycles. The first-order valence-electron chi connectivity index (χ1n) is 9.93. The number of halogens is 2. The summed E-state index contributed by atoms with van der Waals surface area (Å²) in [5.41, 5.74) is 5.35. The average molecular weight is 442 g/mol. The highest BCUT2D eigenvalue weighted by Gasteiger charge is 2.29. The predicted octanol–water partition coefficient (Wildman–Crippen LogP) is 3.06. The van der Waals surface area contributed by atoms with Crippen molar-refractivity contribution in [1.29, 1.82) is 0 Å². The van der Waals surface area contributed by atoms with E-state index in [1.165, 1.54) is 6.07 Å². The second-order valence-electron chi connectivity index (χ2n) is 7.34. The molecule has 32 heavy (non-hydrogen) atoms. The quantitative estimate of drug-likeness (QED) is 0.539. The van der Waals surface area contributed by atoms with E-state index in [-0.39, 0.29) is 30.1 Å². The largest absolute Gasteiger partial charge is 0.419 e. The molecule has 1 aromatic heterocycles. The number of anilines is 2. The van der Waals surface area contributed by atoms with Crippen LogP contribution in [0.25, 0.3) is 11.5 Å². The number of oxazole rings is 1. The second-order valence-corrected chi connectivity index (χ2v) is 7.34. The summed E-state index contributed by atoms with van der Waals surface area (Å²) in [4.78, 5) is 29.9. The van der Waals surface area contributed by atoms with Crippen molar-refractivity contribution in [2.24, 2.45) is 5.73 Å². The summed E-state index contributed by atoms with van der Waals surface area (Å²) in [6.45, 7) is 0.497. The van der Waals surface area contributed by atoms with E-state index in [0.29, 0.717) is 17.8 Å². The topological polar surface area (TPSA) is 122 Å². The lowest BCUT2D eigenvalue weighted by Crippen LogP contribution is -2.37. The number of nitrogens with one attached hydrogen (secondary N) is 1. The molecule has 166 valence electrons. The number of primary amides is 1. The number of aliphatic hydroxyl groups excluding tert-OH is 1. The van der Waals surface area contributed by atoms with Gasteiger partial charge in [0, 0.05) is 17.8 Å². The van der Waals surface area contributed by atoms with Crippen molar-refractivity contribution >= 4 is 23.4 Å². The van der Waals surface area contributed by atoms with Gasteiger partial charge in [-0.2, -0.15) is 0 Å². The zero-order chi connectivity index (χ0) is 22.8. The molecule has 2 aromatic carbocycles. The standard InChI is InChI=1S/C22H20F2N4O4/c23-15-4-1-5-16(24)17(15)20-27-18(19(25)30)21(32-20)26-13-8-6-12(7-9-13)22(31)28-10-2-3-14(28)11-29/h1,4-9,14,26,29H,2-3,10-11H2,(H2,25,30)/t14-/m0/s1. The Bertz CT molecular complexity index is 1140. The lowest BCUT2D eigenvalue weighted by atomic mass is 10.1. The Balaban J connectivity index is 1.58. The molecule has 10 heteroatoms. The molecule has 0 bridgehead atoms. The van der Waals surface area contributed by atoms with Crippen LogP contribution in [0.5, 0.6) is 0 Å². The van der Waals surface area contributed by atoms with Gasteiger partial charge in [-0.05, 0) is 49.2 Å². The van der Waals surface area contributed by atoms with Crippen molar-refractivity contribution in [3.8, 4) is 11.5 Å². The maximum atomic E-state index is 14.1. The van der Waals surface area contributed by atoms with Gasteiger partial charge in [0.05, 0.1) is 12.6 Å². The maximum absolute atomic E-state index is 14.1. The van der Waals surface area contributed by atoms with Crippen molar-refractivity contribution in [3.05, 3.63) is 65.4 Å². The third-order valence-corrected chi connectivity index (χ3v) is 5.28. The minimum atomic E-state index is -0.949. The van der Waals surface area contributed by atoms with Gasteiger partial charge in [-0.15, -0.1) is 0 Å². The van der Waals surface area contributed by atoms with Gasteiger partial charge in [0.2, 0.25) is 11.8 Å². The summed E-state index contributed by atoms with van der Waals surface area (Å²) in [7, 11) is 0. The summed E-state index contributed by atoms with van der Waals surface area (Å²) in [5.74, 6) is -3.57. The van der Waals surface area contributed by atoms with Crippen LogP contribution in [0.3, 0.4) is 0 Å². The summed E-state index contributed by atoms with van der Waals surface area (Å²) in [6.07, 6.45) is 1.59. The number of aromatic nitrogens is 1. The molecule has 1 saturated heterocycles. The van der Waals surface area contributed by atoms with Gasteiger partial charge < -0.3 is 25.5 Å². The number of hydrogen-bond donors (Lipinski definition) is 3. The van der Waals surface area contributed by atoms with E-state index in [0.717, 1.165) is 25.0 Å². The first-order valence-corrected chi connectivity index (χ1v) is 9.93. The minimum Gasteiger partial charge on any atom is -0.419 e. The normalized spacial score (nSPS) is 15.7. The number of carbonyl (C=O) groups is 2. The van der Waals surface area contributed by atoms with Gasteiger partial charge in [-0.3, -0.25) is 9.59 Å². The van der Waals surface area contributed by atoms with Crippen molar-refractivity contribution < 1.29 is 27.9 Å². The number of carbonyl (C=O) groups excluding carboxylic acids is 2. The monoisotopic (exact) mass is 442 g/mol. The first kappa shape index (κ1) is 21.4. The van der Waals surface area contributed by atoms with Crippen LogP contribution in [0.4, 0.5) is 20.4 Å². The lowest BCUT2D eigenvalue weighted by Gasteiger charge is -2.23. The number of nitrogens with zero attached hydrogens (tertiary/aromatic N) is 2. The Kier molecular flexibility index (Phi) is 5.87. The predicted molar refractivity (Wildman–Crippen MR) is 111 cm³/mol. The number of amides is 2. The zero-order valence-corrected chi connectivity index (χ0v) is 16.8. The van der Waals surface area contributed by atoms with Crippen LogP contribution in [0, 0.1) is 11.6 Å². The first-order chi connectivity index (χ1) is 15.4. The van der Waals surface area contributed by atoms with Crippen LogP contribution in [0.2, 0.25) is 0 Å². The van der Waals surface area contributed by atoms with Gasteiger partial charge in [-0.25, -0.2) is 13.8 Å². The fraction of sp³-hybridized carbons (Fsp3) is 0.227. The molecule has 3 aromatic rings. The van der Waals surface area contributed by atoms with E-state index in [1.54, 1.807) is 29.2 Å². The molecule has 0 saturated carbocycles. The van der Waals surface area contributed by atoms with E-state index < -0.39 is 29.0 Å². The summed E-state index contributed by atoms with van der Waals surface area (Å²) < 4.78 is 33.6. The number of likely N-dealkylation sites (tertiary alicyclic amines) is 1. The molecule has 0 spiro atoms. The molecular formula is C22H20F2N4O4. The molecule has 8 nitrogen and oxygen atoms in total.